The second-order valence-electron chi connectivity index (χ2n) is 4.46. The summed E-state index contributed by atoms with van der Waals surface area (Å²) >= 11 is 0. The lowest BCUT2D eigenvalue weighted by molar-refractivity contribution is 0.885. The molecule has 2 aromatic heterocycles. The Bertz CT molecular complexity index is 464. The Hall–Kier alpha value is -2.04. The number of hydrogen-bond donors (Lipinski definition) is 3. The van der Waals surface area contributed by atoms with Crippen LogP contribution < -0.4 is 10.6 Å². The zero-order valence-corrected chi connectivity index (χ0v) is 10.8. The number of aromatic nitrogens is 3. The minimum atomic E-state index is 0.367. The van der Waals surface area contributed by atoms with Crippen LogP contribution in [0, 0.1) is 0 Å². The molecule has 2 aromatic rings. The molecular weight excluding hydrogens is 226 g/mol. The van der Waals surface area contributed by atoms with Crippen molar-refractivity contribution in [3.8, 4) is 0 Å². The quantitative estimate of drug-likeness (QED) is 0.730. The van der Waals surface area contributed by atoms with Crippen molar-refractivity contribution in [2.24, 2.45) is 0 Å². The predicted molar refractivity (Wildman–Crippen MR) is 73.8 cm³/mol. The van der Waals surface area contributed by atoms with Gasteiger partial charge in [0.2, 0.25) is 0 Å². The van der Waals surface area contributed by atoms with E-state index in [1.807, 2.05) is 18.3 Å². The molecule has 3 N–H and O–H groups in total. The van der Waals surface area contributed by atoms with Crippen LogP contribution in [0.15, 0.2) is 30.7 Å². The van der Waals surface area contributed by atoms with Gasteiger partial charge in [0.25, 0.3) is 0 Å². The molecule has 0 saturated heterocycles. The fourth-order valence-electron chi connectivity index (χ4n) is 1.68. The summed E-state index contributed by atoms with van der Waals surface area (Å²) in [6.45, 7) is 5.01. The van der Waals surface area contributed by atoms with Gasteiger partial charge < -0.3 is 15.6 Å². The summed E-state index contributed by atoms with van der Waals surface area (Å²) in [7, 11) is 0. The van der Waals surface area contributed by atoms with Gasteiger partial charge in [0.15, 0.2) is 0 Å². The molecule has 0 spiro atoms. The van der Waals surface area contributed by atoms with Crippen LogP contribution in [0.2, 0.25) is 0 Å². The maximum atomic E-state index is 4.19. The third-order valence-corrected chi connectivity index (χ3v) is 2.47. The molecule has 0 aliphatic heterocycles. The van der Waals surface area contributed by atoms with Crippen molar-refractivity contribution in [3.63, 3.8) is 0 Å². The van der Waals surface area contributed by atoms with Crippen LogP contribution in [-0.4, -0.2) is 27.5 Å². The first-order valence-electron chi connectivity index (χ1n) is 6.19. The van der Waals surface area contributed by atoms with Crippen LogP contribution in [0.4, 0.5) is 11.6 Å². The first-order chi connectivity index (χ1) is 8.74. The van der Waals surface area contributed by atoms with Crippen LogP contribution in [0.3, 0.4) is 0 Å². The topological polar surface area (TPSA) is 65.6 Å². The molecule has 0 atom stereocenters. The van der Waals surface area contributed by atoms with Gasteiger partial charge in [-0.25, -0.2) is 9.97 Å². The molecule has 5 nitrogen and oxygen atoms in total. The highest BCUT2D eigenvalue weighted by Gasteiger charge is 2.00. The van der Waals surface area contributed by atoms with Gasteiger partial charge in [0.1, 0.15) is 18.0 Å². The Balaban J connectivity index is 1.85. The fraction of sp³-hybridized carbons (Fsp3) is 0.385. The van der Waals surface area contributed by atoms with Gasteiger partial charge in [0, 0.05) is 37.0 Å². The molecule has 0 aromatic carbocycles. The molecule has 2 heterocycles. The van der Waals surface area contributed by atoms with Crippen molar-refractivity contribution in [1.82, 2.24) is 15.0 Å². The fourth-order valence-corrected chi connectivity index (χ4v) is 1.68. The van der Waals surface area contributed by atoms with E-state index in [0.29, 0.717) is 6.04 Å². The number of H-pyrrole nitrogens is 1. The molecule has 2 rings (SSSR count). The number of aromatic amines is 1. The highest BCUT2D eigenvalue weighted by molar-refractivity contribution is 5.46. The van der Waals surface area contributed by atoms with Crippen molar-refractivity contribution in [2.45, 2.75) is 26.3 Å². The van der Waals surface area contributed by atoms with Gasteiger partial charge in [-0.3, -0.25) is 0 Å². The normalized spacial score (nSPS) is 10.6. The monoisotopic (exact) mass is 245 g/mol. The zero-order valence-electron chi connectivity index (χ0n) is 10.8. The standard InChI is InChI=1S/C13H19N5/c1-10(2)18-13-8-12(16-9-17-13)15-7-5-11-4-3-6-14-11/h3-4,6,8-10,14H,5,7H2,1-2H3,(H2,15,16,17,18). The molecule has 18 heavy (non-hydrogen) atoms. The summed E-state index contributed by atoms with van der Waals surface area (Å²) in [5, 5.41) is 6.54. The number of hydrogen-bond acceptors (Lipinski definition) is 4. The third kappa shape index (κ3) is 3.76. The van der Waals surface area contributed by atoms with Crippen LogP contribution in [0.5, 0.6) is 0 Å². The van der Waals surface area contributed by atoms with Gasteiger partial charge in [0.05, 0.1) is 0 Å². The van der Waals surface area contributed by atoms with Gasteiger partial charge in [-0.15, -0.1) is 0 Å². The molecule has 0 aliphatic rings. The lowest BCUT2D eigenvalue weighted by atomic mass is 10.3. The largest absolute Gasteiger partial charge is 0.370 e. The molecule has 0 aliphatic carbocycles. The molecular formula is C13H19N5. The van der Waals surface area contributed by atoms with E-state index in [-0.39, 0.29) is 0 Å². The first-order valence-corrected chi connectivity index (χ1v) is 6.19. The smallest absolute Gasteiger partial charge is 0.131 e. The highest BCUT2D eigenvalue weighted by Crippen LogP contribution is 2.09. The number of anilines is 2. The average molecular weight is 245 g/mol. The zero-order chi connectivity index (χ0) is 12.8. The summed E-state index contributed by atoms with van der Waals surface area (Å²) in [6.07, 6.45) is 4.45. The second kappa shape index (κ2) is 6.05. The SMILES string of the molecule is CC(C)Nc1cc(NCCc2ccc[nH]2)ncn1. The Kier molecular flexibility index (Phi) is 4.17. The van der Waals surface area contributed by atoms with Crippen molar-refractivity contribution in [2.75, 3.05) is 17.2 Å². The number of nitrogens with one attached hydrogen (secondary N) is 3. The van der Waals surface area contributed by atoms with E-state index in [1.165, 1.54) is 5.69 Å². The molecule has 0 bridgehead atoms. The molecule has 0 radical (unpaired) electrons. The Morgan fingerprint density at radius 1 is 1.28 bits per heavy atom. The van der Waals surface area contributed by atoms with Gasteiger partial charge in [-0.1, -0.05) is 0 Å². The Morgan fingerprint density at radius 2 is 2.11 bits per heavy atom. The van der Waals surface area contributed by atoms with E-state index in [4.69, 9.17) is 0 Å². The van der Waals surface area contributed by atoms with Crippen molar-refractivity contribution in [3.05, 3.63) is 36.4 Å². The van der Waals surface area contributed by atoms with Crippen LogP contribution in [0.25, 0.3) is 0 Å². The molecule has 0 amide bonds. The summed E-state index contributed by atoms with van der Waals surface area (Å²) in [5.41, 5.74) is 1.22. The van der Waals surface area contributed by atoms with Crippen LogP contribution >= 0.6 is 0 Å². The van der Waals surface area contributed by atoms with E-state index >= 15 is 0 Å². The summed E-state index contributed by atoms with van der Waals surface area (Å²) in [5.74, 6) is 1.70. The van der Waals surface area contributed by atoms with E-state index in [2.05, 4.69) is 45.5 Å². The third-order valence-electron chi connectivity index (χ3n) is 2.47. The molecule has 0 unspecified atom stereocenters. The summed E-state index contributed by atoms with van der Waals surface area (Å²) in [6, 6.07) is 6.37. The number of nitrogens with zero attached hydrogens (tertiary/aromatic N) is 2. The second-order valence-corrected chi connectivity index (χ2v) is 4.46. The van der Waals surface area contributed by atoms with Gasteiger partial charge in [-0.2, -0.15) is 0 Å². The average Bonchev–Trinajstić information content (AvgIpc) is 2.82. The van der Waals surface area contributed by atoms with Crippen molar-refractivity contribution in [1.29, 1.82) is 0 Å². The van der Waals surface area contributed by atoms with E-state index in [1.54, 1.807) is 6.33 Å². The summed E-state index contributed by atoms with van der Waals surface area (Å²) in [4.78, 5) is 11.5. The van der Waals surface area contributed by atoms with E-state index in [9.17, 15) is 0 Å². The minimum absolute atomic E-state index is 0.367. The predicted octanol–water partition coefficient (Wildman–Crippen LogP) is 2.28. The maximum absolute atomic E-state index is 4.19. The lowest BCUT2D eigenvalue weighted by Gasteiger charge is -2.10. The number of rotatable bonds is 6. The maximum Gasteiger partial charge on any atom is 0.131 e. The Morgan fingerprint density at radius 3 is 2.83 bits per heavy atom. The van der Waals surface area contributed by atoms with E-state index < -0.39 is 0 Å². The van der Waals surface area contributed by atoms with Crippen molar-refractivity contribution >= 4 is 11.6 Å². The van der Waals surface area contributed by atoms with Crippen LogP contribution in [0.1, 0.15) is 19.5 Å². The van der Waals surface area contributed by atoms with Gasteiger partial charge >= 0.3 is 0 Å². The Labute approximate surface area is 107 Å². The van der Waals surface area contributed by atoms with Crippen LogP contribution in [-0.2, 0) is 6.42 Å². The van der Waals surface area contributed by atoms with Gasteiger partial charge in [-0.05, 0) is 26.0 Å². The molecule has 5 heteroatoms. The molecule has 96 valence electrons. The minimum Gasteiger partial charge on any atom is -0.370 e. The van der Waals surface area contributed by atoms with Crippen molar-refractivity contribution < 1.29 is 0 Å². The molecule has 0 saturated carbocycles. The lowest BCUT2D eigenvalue weighted by Crippen LogP contribution is -2.12. The first kappa shape index (κ1) is 12.4. The molecule has 0 fully saturated rings. The van der Waals surface area contributed by atoms with E-state index in [0.717, 1.165) is 24.6 Å². The summed E-state index contributed by atoms with van der Waals surface area (Å²) < 4.78 is 0. The highest BCUT2D eigenvalue weighted by atomic mass is 15.1.